The van der Waals surface area contributed by atoms with Gasteiger partial charge in [-0.25, -0.2) is 0 Å². The Bertz CT molecular complexity index is 597. The average molecular weight is 384 g/mol. The molecule has 0 amide bonds. The van der Waals surface area contributed by atoms with Crippen LogP contribution in [0.5, 0.6) is 0 Å². The van der Waals surface area contributed by atoms with E-state index in [1.165, 1.54) is 5.56 Å². The first-order valence-electron chi connectivity index (χ1n) is 5.98. The molecule has 0 heterocycles. The fourth-order valence-corrected chi connectivity index (χ4v) is 3.08. The predicted octanol–water partition coefficient (Wildman–Crippen LogP) is 4.74. The Kier molecular flexibility index (Phi) is 4.53. The van der Waals surface area contributed by atoms with Crippen molar-refractivity contribution in [1.82, 2.24) is 0 Å². The zero-order valence-electron chi connectivity index (χ0n) is 11.0. The second-order valence-electron chi connectivity index (χ2n) is 4.65. The summed E-state index contributed by atoms with van der Waals surface area (Å²) in [7, 11) is 2.08. The molecule has 0 aromatic heterocycles. The van der Waals surface area contributed by atoms with Gasteiger partial charge in [-0.1, -0.05) is 28.1 Å². The minimum absolute atomic E-state index is 0.812. The summed E-state index contributed by atoms with van der Waals surface area (Å²) in [6.07, 6.45) is 0. The lowest BCUT2D eigenvalue weighted by atomic mass is 10.1. The smallest absolute Gasteiger partial charge is 0.0515 e. The monoisotopic (exact) mass is 382 g/mol. The van der Waals surface area contributed by atoms with E-state index < -0.39 is 0 Å². The number of benzene rings is 2. The van der Waals surface area contributed by atoms with Gasteiger partial charge in [0.15, 0.2) is 0 Å². The van der Waals surface area contributed by atoms with E-state index in [0.29, 0.717) is 0 Å². The van der Waals surface area contributed by atoms with Crippen LogP contribution in [0.2, 0.25) is 0 Å². The molecule has 0 radical (unpaired) electrons. The lowest BCUT2D eigenvalue weighted by Gasteiger charge is -2.22. The van der Waals surface area contributed by atoms with Crippen molar-refractivity contribution in [2.75, 3.05) is 17.7 Å². The van der Waals surface area contributed by atoms with Crippen molar-refractivity contribution in [2.24, 2.45) is 0 Å². The Hall–Kier alpha value is -1.00. The maximum Gasteiger partial charge on any atom is 0.0515 e. The topological polar surface area (TPSA) is 29.3 Å². The number of hydrogen-bond acceptors (Lipinski definition) is 2. The van der Waals surface area contributed by atoms with Crippen molar-refractivity contribution < 1.29 is 0 Å². The second-order valence-corrected chi connectivity index (χ2v) is 6.42. The van der Waals surface area contributed by atoms with Crippen LogP contribution in [0.25, 0.3) is 0 Å². The number of nitrogens with zero attached hydrogens (tertiary/aromatic N) is 1. The number of aryl methyl sites for hydroxylation is 1. The summed E-state index contributed by atoms with van der Waals surface area (Å²) in [6.45, 7) is 2.87. The van der Waals surface area contributed by atoms with Gasteiger partial charge in [0, 0.05) is 28.2 Å². The maximum atomic E-state index is 5.91. The molecule has 100 valence electrons. The van der Waals surface area contributed by atoms with Crippen molar-refractivity contribution in [3.8, 4) is 0 Å². The van der Waals surface area contributed by atoms with E-state index in [1.807, 2.05) is 19.1 Å². The zero-order chi connectivity index (χ0) is 14.0. The van der Waals surface area contributed by atoms with E-state index in [1.54, 1.807) is 0 Å². The molecule has 2 rings (SSSR count). The lowest BCUT2D eigenvalue weighted by molar-refractivity contribution is 0.918. The van der Waals surface area contributed by atoms with Gasteiger partial charge in [-0.15, -0.1) is 0 Å². The molecular weight excluding hydrogens is 368 g/mol. The standard InChI is InChI=1S/C15H16Br2N2/c1-10-6-15(13(17)8-14(10)18)19(2)9-11-4-3-5-12(16)7-11/h3-8H,9,18H2,1-2H3. The fourth-order valence-electron chi connectivity index (χ4n) is 1.97. The number of halogens is 2. The summed E-state index contributed by atoms with van der Waals surface area (Å²) < 4.78 is 2.12. The summed E-state index contributed by atoms with van der Waals surface area (Å²) in [4.78, 5) is 2.21. The van der Waals surface area contributed by atoms with Crippen LogP contribution < -0.4 is 10.6 Å². The van der Waals surface area contributed by atoms with Gasteiger partial charge >= 0.3 is 0 Å². The van der Waals surface area contributed by atoms with E-state index in [2.05, 4.69) is 68.1 Å². The van der Waals surface area contributed by atoms with Crippen LogP contribution in [0.1, 0.15) is 11.1 Å². The molecule has 2 aromatic carbocycles. The maximum absolute atomic E-state index is 5.91. The van der Waals surface area contributed by atoms with Crippen LogP contribution in [-0.4, -0.2) is 7.05 Å². The van der Waals surface area contributed by atoms with Crippen molar-refractivity contribution in [3.63, 3.8) is 0 Å². The van der Waals surface area contributed by atoms with Crippen LogP contribution in [0.4, 0.5) is 11.4 Å². The molecular formula is C15H16Br2N2. The molecule has 0 aliphatic carbocycles. The molecule has 2 aromatic rings. The summed E-state index contributed by atoms with van der Waals surface area (Å²) in [5.74, 6) is 0. The molecule has 2 N–H and O–H groups in total. The summed E-state index contributed by atoms with van der Waals surface area (Å²) in [5, 5.41) is 0. The summed E-state index contributed by atoms with van der Waals surface area (Å²) in [5.41, 5.74) is 10.2. The highest BCUT2D eigenvalue weighted by Gasteiger charge is 2.09. The molecule has 0 fully saturated rings. The van der Waals surface area contributed by atoms with Crippen molar-refractivity contribution in [2.45, 2.75) is 13.5 Å². The minimum Gasteiger partial charge on any atom is -0.398 e. The molecule has 0 unspecified atom stereocenters. The molecule has 0 bridgehead atoms. The third-order valence-electron chi connectivity index (χ3n) is 3.06. The Labute approximate surface area is 130 Å². The van der Waals surface area contributed by atoms with Gasteiger partial charge in [0.1, 0.15) is 0 Å². The summed E-state index contributed by atoms with van der Waals surface area (Å²) >= 11 is 7.08. The normalized spacial score (nSPS) is 10.5. The molecule has 2 nitrogen and oxygen atoms in total. The Morgan fingerprint density at radius 3 is 2.58 bits per heavy atom. The largest absolute Gasteiger partial charge is 0.398 e. The first kappa shape index (κ1) is 14.4. The molecule has 0 saturated carbocycles. The highest BCUT2D eigenvalue weighted by atomic mass is 79.9. The summed E-state index contributed by atoms with van der Waals surface area (Å²) in [6, 6.07) is 12.4. The van der Waals surface area contributed by atoms with Gasteiger partial charge in [-0.3, -0.25) is 0 Å². The van der Waals surface area contributed by atoms with E-state index in [4.69, 9.17) is 5.73 Å². The molecule has 0 aliphatic heterocycles. The van der Waals surface area contributed by atoms with E-state index in [-0.39, 0.29) is 0 Å². The molecule has 19 heavy (non-hydrogen) atoms. The zero-order valence-corrected chi connectivity index (χ0v) is 14.1. The quantitative estimate of drug-likeness (QED) is 0.775. The number of anilines is 2. The number of hydrogen-bond donors (Lipinski definition) is 1. The van der Waals surface area contributed by atoms with Gasteiger partial charge in [-0.05, 0) is 58.2 Å². The second kappa shape index (κ2) is 5.97. The van der Waals surface area contributed by atoms with Gasteiger partial charge in [-0.2, -0.15) is 0 Å². The van der Waals surface area contributed by atoms with Crippen LogP contribution in [0, 0.1) is 6.92 Å². The first-order chi connectivity index (χ1) is 8.97. The molecule has 0 spiro atoms. The van der Waals surface area contributed by atoms with E-state index in [9.17, 15) is 0 Å². The Morgan fingerprint density at radius 2 is 1.89 bits per heavy atom. The minimum atomic E-state index is 0.812. The SMILES string of the molecule is Cc1cc(N(C)Cc2cccc(Br)c2)c(Br)cc1N. The van der Waals surface area contributed by atoms with Crippen molar-refractivity contribution in [3.05, 3.63) is 56.5 Å². The van der Waals surface area contributed by atoms with Gasteiger partial charge in [0.25, 0.3) is 0 Å². The first-order valence-corrected chi connectivity index (χ1v) is 7.57. The Balaban J connectivity index is 2.25. The van der Waals surface area contributed by atoms with Crippen LogP contribution in [0.3, 0.4) is 0 Å². The third-order valence-corrected chi connectivity index (χ3v) is 4.18. The van der Waals surface area contributed by atoms with E-state index >= 15 is 0 Å². The molecule has 0 saturated heterocycles. The van der Waals surface area contributed by atoms with E-state index in [0.717, 1.165) is 32.4 Å². The van der Waals surface area contributed by atoms with Crippen LogP contribution >= 0.6 is 31.9 Å². The number of rotatable bonds is 3. The predicted molar refractivity (Wildman–Crippen MR) is 89.5 cm³/mol. The van der Waals surface area contributed by atoms with Gasteiger partial charge in [0.2, 0.25) is 0 Å². The average Bonchev–Trinajstić information content (AvgIpc) is 2.33. The number of nitrogens with two attached hydrogens (primary N) is 1. The highest BCUT2D eigenvalue weighted by molar-refractivity contribution is 9.10. The fraction of sp³-hybridized carbons (Fsp3) is 0.200. The van der Waals surface area contributed by atoms with Crippen molar-refractivity contribution >= 4 is 43.2 Å². The molecule has 0 aliphatic rings. The van der Waals surface area contributed by atoms with Crippen LogP contribution in [-0.2, 0) is 6.54 Å². The van der Waals surface area contributed by atoms with Crippen molar-refractivity contribution in [1.29, 1.82) is 0 Å². The van der Waals surface area contributed by atoms with Gasteiger partial charge < -0.3 is 10.6 Å². The third kappa shape index (κ3) is 3.51. The lowest BCUT2D eigenvalue weighted by Crippen LogP contribution is -2.17. The van der Waals surface area contributed by atoms with Crippen LogP contribution in [0.15, 0.2) is 45.3 Å². The van der Waals surface area contributed by atoms with Gasteiger partial charge in [0.05, 0.1) is 5.69 Å². The molecule has 4 heteroatoms. The molecule has 0 atom stereocenters. The Morgan fingerprint density at radius 1 is 1.16 bits per heavy atom. The number of nitrogen functional groups attached to an aromatic ring is 1. The highest BCUT2D eigenvalue weighted by Crippen LogP contribution is 2.31.